The Morgan fingerprint density at radius 1 is 1.28 bits per heavy atom. The molecule has 0 amide bonds. The number of pyridine rings is 1. The summed E-state index contributed by atoms with van der Waals surface area (Å²) in [4.78, 5) is 13.2. The highest BCUT2D eigenvalue weighted by molar-refractivity contribution is 6.32. The van der Waals surface area contributed by atoms with Gasteiger partial charge in [-0.15, -0.1) is 0 Å². The zero-order chi connectivity index (χ0) is 13.1. The van der Waals surface area contributed by atoms with E-state index in [1.165, 1.54) is 0 Å². The van der Waals surface area contributed by atoms with E-state index in [0.717, 1.165) is 23.6 Å². The lowest BCUT2D eigenvalue weighted by atomic mass is 10.2. The molecule has 0 atom stereocenters. The molecule has 94 valence electrons. The lowest BCUT2D eigenvalue weighted by Gasteiger charge is -2.11. The number of anilines is 1. The van der Waals surface area contributed by atoms with Crippen LogP contribution in [0.5, 0.6) is 0 Å². The SMILES string of the molecule is CCNc1nc(-c2ncccc2Cl)nc(C)c1C. The average Bonchev–Trinajstić information content (AvgIpc) is 2.35. The predicted molar refractivity (Wildman–Crippen MR) is 73.9 cm³/mol. The molecule has 2 aromatic heterocycles. The molecule has 4 nitrogen and oxygen atoms in total. The van der Waals surface area contributed by atoms with Crippen molar-refractivity contribution in [1.29, 1.82) is 0 Å². The number of nitrogens with one attached hydrogen (secondary N) is 1. The van der Waals surface area contributed by atoms with Gasteiger partial charge >= 0.3 is 0 Å². The quantitative estimate of drug-likeness (QED) is 0.923. The highest BCUT2D eigenvalue weighted by atomic mass is 35.5. The van der Waals surface area contributed by atoms with Gasteiger partial charge in [0.2, 0.25) is 0 Å². The summed E-state index contributed by atoms with van der Waals surface area (Å²) in [5.74, 6) is 1.39. The summed E-state index contributed by atoms with van der Waals surface area (Å²) in [6.45, 7) is 6.80. The minimum absolute atomic E-state index is 0.555. The van der Waals surface area contributed by atoms with Gasteiger partial charge in [-0.25, -0.2) is 9.97 Å². The molecule has 0 radical (unpaired) electrons. The first-order chi connectivity index (χ1) is 8.63. The van der Waals surface area contributed by atoms with Crippen molar-refractivity contribution in [3.8, 4) is 11.5 Å². The van der Waals surface area contributed by atoms with Gasteiger partial charge in [0.25, 0.3) is 0 Å². The molecule has 2 aromatic rings. The largest absolute Gasteiger partial charge is 0.370 e. The summed E-state index contributed by atoms with van der Waals surface area (Å²) in [6, 6.07) is 3.58. The number of halogens is 1. The van der Waals surface area contributed by atoms with E-state index in [1.807, 2.05) is 20.8 Å². The van der Waals surface area contributed by atoms with Gasteiger partial charge < -0.3 is 5.32 Å². The number of hydrogen-bond donors (Lipinski definition) is 1. The monoisotopic (exact) mass is 262 g/mol. The van der Waals surface area contributed by atoms with Crippen LogP contribution in [0.25, 0.3) is 11.5 Å². The Morgan fingerprint density at radius 2 is 2.06 bits per heavy atom. The van der Waals surface area contributed by atoms with Crippen LogP contribution in [0.15, 0.2) is 18.3 Å². The molecule has 0 aliphatic heterocycles. The molecule has 0 saturated heterocycles. The molecule has 0 fully saturated rings. The van der Waals surface area contributed by atoms with Crippen molar-refractivity contribution in [3.63, 3.8) is 0 Å². The summed E-state index contributed by atoms with van der Waals surface area (Å²) in [7, 11) is 0. The summed E-state index contributed by atoms with van der Waals surface area (Å²) in [6.07, 6.45) is 1.69. The van der Waals surface area contributed by atoms with E-state index in [0.29, 0.717) is 16.5 Å². The molecule has 0 aromatic carbocycles. The van der Waals surface area contributed by atoms with Gasteiger partial charge in [-0.1, -0.05) is 11.6 Å². The molecule has 0 unspecified atom stereocenters. The van der Waals surface area contributed by atoms with Crippen LogP contribution in [0.3, 0.4) is 0 Å². The van der Waals surface area contributed by atoms with E-state index in [2.05, 4.69) is 20.3 Å². The zero-order valence-corrected chi connectivity index (χ0v) is 11.4. The Kier molecular flexibility index (Phi) is 3.77. The molecule has 2 rings (SSSR count). The fraction of sp³-hybridized carbons (Fsp3) is 0.308. The third-order valence-corrected chi connectivity index (χ3v) is 3.01. The Balaban J connectivity index is 2.56. The molecule has 0 aliphatic carbocycles. The maximum atomic E-state index is 6.12. The number of aromatic nitrogens is 3. The fourth-order valence-corrected chi connectivity index (χ4v) is 1.83. The normalized spacial score (nSPS) is 10.4. The van der Waals surface area contributed by atoms with Crippen LogP contribution >= 0.6 is 11.6 Å². The second-order valence-corrected chi connectivity index (χ2v) is 4.38. The zero-order valence-electron chi connectivity index (χ0n) is 10.7. The maximum absolute atomic E-state index is 6.12. The maximum Gasteiger partial charge on any atom is 0.181 e. The molecule has 1 N–H and O–H groups in total. The van der Waals surface area contributed by atoms with Gasteiger partial charge in [0.05, 0.1) is 5.02 Å². The van der Waals surface area contributed by atoms with Gasteiger partial charge in [-0.2, -0.15) is 0 Å². The molecular weight excluding hydrogens is 248 g/mol. The predicted octanol–water partition coefficient (Wildman–Crippen LogP) is 3.24. The van der Waals surface area contributed by atoms with E-state index in [1.54, 1.807) is 18.3 Å². The highest BCUT2D eigenvalue weighted by Crippen LogP contribution is 2.25. The summed E-state index contributed by atoms with van der Waals surface area (Å²) in [5, 5.41) is 3.78. The number of nitrogens with zero attached hydrogens (tertiary/aromatic N) is 3. The Hall–Kier alpha value is -1.68. The summed E-state index contributed by atoms with van der Waals surface area (Å²) in [5.41, 5.74) is 2.59. The van der Waals surface area contributed by atoms with Gasteiger partial charge in [-0.3, -0.25) is 4.98 Å². The minimum atomic E-state index is 0.555. The third kappa shape index (κ3) is 2.43. The van der Waals surface area contributed by atoms with Crippen LogP contribution in [0.4, 0.5) is 5.82 Å². The molecule has 0 saturated carbocycles. The first kappa shape index (κ1) is 12.8. The molecule has 0 spiro atoms. The van der Waals surface area contributed by atoms with Gasteiger partial charge in [0.15, 0.2) is 5.82 Å². The molecule has 5 heteroatoms. The molecule has 0 aliphatic rings. The van der Waals surface area contributed by atoms with Crippen LogP contribution in [-0.4, -0.2) is 21.5 Å². The van der Waals surface area contributed by atoms with E-state index < -0.39 is 0 Å². The van der Waals surface area contributed by atoms with Crippen molar-refractivity contribution in [2.75, 3.05) is 11.9 Å². The van der Waals surface area contributed by atoms with Crippen molar-refractivity contribution >= 4 is 17.4 Å². The van der Waals surface area contributed by atoms with Crippen molar-refractivity contribution in [2.24, 2.45) is 0 Å². The topological polar surface area (TPSA) is 50.7 Å². The fourth-order valence-electron chi connectivity index (χ4n) is 1.62. The van der Waals surface area contributed by atoms with Gasteiger partial charge in [0.1, 0.15) is 11.5 Å². The first-order valence-corrected chi connectivity index (χ1v) is 6.21. The molecule has 0 bridgehead atoms. The number of hydrogen-bond acceptors (Lipinski definition) is 4. The van der Waals surface area contributed by atoms with Gasteiger partial charge in [0, 0.05) is 24.0 Å². The number of rotatable bonds is 3. The van der Waals surface area contributed by atoms with Crippen molar-refractivity contribution in [3.05, 3.63) is 34.6 Å². The second kappa shape index (κ2) is 5.31. The first-order valence-electron chi connectivity index (χ1n) is 5.83. The van der Waals surface area contributed by atoms with Crippen LogP contribution < -0.4 is 5.32 Å². The van der Waals surface area contributed by atoms with Crippen LogP contribution in [0, 0.1) is 13.8 Å². The lowest BCUT2D eigenvalue weighted by molar-refractivity contribution is 1.04. The van der Waals surface area contributed by atoms with Crippen LogP contribution in [0.1, 0.15) is 18.2 Å². The summed E-state index contributed by atoms with van der Waals surface area (Å²) >= 11 is 6.12. The molecular formula is C13H15ClN4. The van der Waals surface area contributed by atoms with Crippen LogP contribution in [-0.2, 0) is 0 Å². The Labute approximate surface area is 111 Å². The van der Waals surface area contributed by atoms with Crippen LogP contribution in [0.2, 0.25) is 5.02 Å². The van der Waals surface area contributed by atoms with Gasteiger partial charge in [-0.05, 0) is 32.9 Å². The standard InChI is InChI=1S/C13H15ClN4/c1-4-15-12-8(2)9(3)17-13(18-12)11-10(14)6-5-7-16-11/h5-7H,4H2,1-3H3,(H,15,17,18). The Bertz CT molecular complexity index is 569. The second-order valence-electron chi connectivity index (χ2n) is 3.97. The lowest BCUT2D eigenvalue weighted by Crippen LogP contribution is -2.06. The minimum Gasteiger partial charge on any atom is -0.370 e. The summed E-state index contributed by atoms with van der Waals surface area (Å²) < 4.78 is 0. The Morgan fingerprint density at radius 3 is 2.72 bits per heavy atom. The van der Waals surface area contributed by atoms with E-state index in [9.17, 15) is 0 Å². The number of aryl methyl sites for hydroxylation is 1. The van der Waals surface area contributed by atoms with Crippen molar-refractivity contribution in [2.45, 2.75) is 20.8 Å². The molecule has 18 heavy (non-hydrogen) atoms. The molecule has 2 heterocycles. The highest BCUT2D eigenvalue weighted by Gasteiger charge is 2.12. The van der Waals surface area contributed by atoms with Crippen molar-refractivity contribution in [1.82, 2.24) is 15.0 Å². The van der Waals surface area contributed by atoms with Crippen molar-refractivity contribution < 1.29 is 0 Å². The third-order valence-electron chi connectivity index (χ3n) is 2.70. The smallest absolute Gasteiger partial charge is 0.181 e. The van der Waals surface area contributed by atoms with E-state index in [-0.39, 0.29) is 0 Å². The van der Waals surface area contributed by atoms with E-state index >= 15 is 0 Å². The van der Waals surface area contributed by atoms with E-state index in [4.69, 9.17) is 11.6 Å². The average molecular weight is 263 g/mol.